The normalized spacial score (nSPS) is 12.0. The van der Waals surface area contributed by atoms with E-state index in [0.717, 1.165) is 21.0 Å². The largest absolute Gasteiger partial charge is 0.326 e. The fourth-order valence-corrected chi connectivity index (χ4v) is 3.72. The molecular formula is C21H21FN2OS. The molecule has 0 unspecified atom stereocenters. The van der Waals surface area contributed by atoms with Crippen molar-refractivity contribution in [3.63, 3.8) is 0 Å². The Morgan fingerprint density at radius 1 is 1.12 bits per heavy atom. The summed E-state index contributed by atoms with van der Waals surface area (Å²) in [5.74, 6) is -0.279. The van der Waals surface area contributed by atoms with Gasteiger partial charge in [-0.15, -0.1) is 11.3 Å². The summed E-state index contributed by atoms with van der Waals surface area (Å²) in [5.41, 5.74) is 2.53. The smallest absolute Gasteiger partial charge is 0.221 e. The van der Waals surface area contributed by atoms with E-state index >= 15 is 0 Å². The molecule has 1 atom stereocenters. The summed E-state index contributed by atoms with van der Waals surface area (Å²) in [6.45, 7) is 4.28. The maximum absolute atomic E-state index is 13.9. The zero-order valence-electron chi connectivity index (χ0n) is 14.8. The first kappa shape index (κ1) is 18.3. The van der Waals surface area contributed by atoms with Crippen LogP contribution in [0.25, 0.3) is 10.4 Å². The zero-order valence-corrected chi connectivity index (χ0v) is 15.6. The van der Waals surface area contributed by atoms with Crippen molar-refractivity contribution in [1.29, 1.82) is 0 Å². The Morgan fingerprint density at radius 2 is 1.92 bits per heavy atom. The first-order valence-corrected chi connectivity index (χ1v) is 9.29. The number of carbonyl (C=O) groups excluding carboxylic acids is 1. The van der Waals surface area contributed by atoms with Crippen LogP contribution in [0.5, 0.6) is 0 Å². The second kappa shape index (κ2) is 8.25. The minimum Gasteiger partial charge on any atom is -0.326 e. The molecule has 1 aromatic heterocycles. The maximum Gasteiger partial charge on any atom is 0.221 e. The number of halogens is 1. The highest BCUT2D eigenvalue weighted by atomic mass is 32.1. The molecule has 0 spiro atoms. The molecule has 3 rings (SSSR count). The van der Waals surface area contributed by atoms with Crippen molar-refractivity contribution in [2.75, 3.05) is 5.32 Å². The van der Waals surface area contributed by atoms with Crippen molar-refractivity contribution in [2.45, 2.75) is 26.4 Å². The van der Waals surface area contributed by atoms with Crippen LogP contribution in [0.2, 0.25) is 0 Å². The number of thiophene rings is 1. The predicted molar refractivity (Wildman–Crippen MR) is 106 cm³/mol. The van der Waals surface area contributed by atoms with E-state index in [1.807, 2.05) is 42.5 Å². The Balaban J connectivity index is 1.64. The minimum atomic E-state index is -0.197. The van der Waals surface area contributed by atoms with Crippen LogP contribution in [0.1, 0.15) is 30.3 Å². The van der Waals surface area contributed by atoms with Crippen molar-refractivity contribution in [3.8, 4) is 10.4 Å². The van der Waals surface area contributed by atoms with Crippen LogP contribution in [0.15, 0.2) is 60.7 Å². The lowest BCUT2D eigenvalue weighted by atomic mass is 10.1. The van der Waals surface area contributed by atoms with Crippen LogP contribution in [0, 0.1) is 5.82 Å². The molecule has 0 radical (unpaired) electrons. The molecule has 3 nitrogen and oxygen atoms in total. The van der Waals surface area contributed by atoms with Gasteiger partial charge in [-0.2, -0.15) is 0 Å². The molecule has 3 aromatic rings. The molecule has 2 aromatic carbocycles. The summed E-state index contributed by atoms with van der Waals surface area (Å²) in [6, 6.07) is 18.8. The highest BCUT2D eigenvalue weighted by molar-refractivity contribution is 7.15. The highest BCUT2D eigenvalue weighted by Gasteiger charge is 2.10. The number of anilines is 1. The van der Waals surface area contributed by atoms with Crippen LogP contribution >= 0.6 is 11.3 Å². The third kappa shape index (κ3) is 4.56. The van der Waals surface area contributed by atoms with Gasteiger partial charge in [-0.1, -0.05) is 30.3 Å². The van der Waals surface area contributed by atoms with Crippen molar-refractivity contribution in [3.05, 3.63) is 76.9 Å². The van der Waals surface area contributed by atoms with Gasteiger partial charge in [0.15, 0.2) is 0 Å². The van der Waals surface area contributed by atoms with Crippen LogP contribution in [-0.2, 0) is 11.3 Å². The maximum atomic E-state index is 13.9. The number of carbonyl (C=O) groups is 1. The quantitative estimate of drug-likeness (QED) is 0.615. The average Bonchev–Trinajstić information content (AvgIpc) is 3.08. The molecule has 26 heavy (non-hydrogen) atoms. The summed E-state index contributed by atoms with van der Waals surface area (Å²) < 4.78 is 13.9. The van der Waals surface area contributed by atoms with E-state index in [2.05, 4.69) is 17.6 Å². The Labute approximate surface area is 156 Å². The van der Waals surface area contributed by atoms with Gasteiger partial charge in [0.05, 0.1) is 0 Å². The number of hydrogen-bond acceptors (Lipinski definition) is 3. The van der Waals surface area contributed by atoms with E-state index in [1.165, 1.54) is 13.0 Å². The highest BCUT2D eigenvalue weighted by Crippen LogP contribution is 2.30. The van der Waals surface area contributed by atoms with Gasteiger partial charge in [0.25, 0.3) is 0 Å². The number of hydrogen-bond donors (Lipinski definition) is 2. The van der Waals surface area contributed by atoms with Crippen molar-refractivity contribution in [2.24, 2.45) is 0 Å². The van der Waals surface area contributed by atoms with Gasteiger partial charge in [0.2, 0.25) is 5.91 Å². The number of benzene rings is 2. The Morgan fingerprint density at radius 3 is 2.69 bits per heavy atom. The van der Waals surface area contributed by atoms with Crippen LogP contribution in [0.3, 0.4) is 0 Å². The summed E-state index contributed by atoms with van der Waals surface area (Å²) in [7, 11) is 0. The fourth-order valence-electron chi connectivity index (χ4n) is 2.74. The summed E-state index contributed by atoms with van der Waals surface area (Å²) in [5, 5.41) is 6.28. The van der Waals surface area contributed by atoms with Gasteiger partial charge in [0, 0.05) is 40.5 Å². The van der Waals surface area contributed by atoms with Gasteiger partial charge in [-0.05, 0) is 42.8 Å². The molecule has 1 amide bonds. The van der Waals surface area contributed by atoms with Crippen LogP contribution < -0.4 is 10.6 Å². The van der Waals surface area contributed by atoms with Gasteiger partial charge in [-0.3, -0.25) is 4.79 Å². The van der Waals surface area contributed by atoms with Gasteiger partial charge in [0.1, 0.15) is 5.82 Å². The second-order valence-electron chi connectivity index (χ2n) is 6.16. The Bertz CT molecular complexity index is 906. The molecule has 0 fully saturated rings. The molecule has 1 heterocycles. The number of nitrogens with one attached hydrogen (secondary N) is 2. The van der Waals surface area contributed by atoms with Crippen LogP contribution in [0.4, 0.5) is 10.1 Å². The van der Waals surface area contributed by atoms with E-state index in [9.17, 15) is 9.18 Å². The molecule has 134 valence electrons. The van der Waals surface area contributed by atoms with Crippen molar-refractivity contribution < 1.29 is 9.18 Å². The lowest BCUT2D eigenvalue weighted by molar-refractivity contribution is -0.114. The monoisotopic (exact) mass is 368 g/mol. The van der Waals surface area contributed by atoms with E-state index < -0.39 is 0 Å². The third-order valence-electron chi connectivity index (χ3n) is 4.09. The second-order valence-corrected chi connectivity index (χ2v) is 7.32. The van der Waals surface area contributed by atoms with E-state index in [0.29, 0.717) is 12.1 Å². The van der Waals surface area contributed by atoms with E-state index in [1.54, 1.807) is 23.5 Å². The SMILES string of the molecule is CC(=O)Nc1cccc([C@@H](C)NCc2ccc(-c3ccccc3F)s2)c1. The first-order valence-electron chi connectivity index (χ1n) is 8.47. The van der Waals surface area contributed by atoms with Gasteiger partial charge in [-0.25, -0.2) is 4.39 Å². The number of amides is 1. The first-order chi connectivity index (χ1) is 12.5. The molecule has 0 aliphatic heterocycles. The van der Waals surface area contributed by atoms with E-state index in [4.69, 9.17) is 0 Å². The van der Waals surface area contributed by atoms with E-state index in [-0.39, 0.29) is 17.8 Å². The van der Waals surface area contributed by atoms with Gasteiger partial charge >= 0.3 is 0 Å². The Kier molecular flexibility index (Phi) is 5.81. The standard InChI is InChI=1S/C21H21FN2OS/c1-14(16-6-5-7-17(12-16)24-15(2)25)23-13-18-10-11-21(26-18)19-8-3-4-9-20(19)22/h3-12,14,23H,13H2,1-2H3,(H,24,25)/t14-/m1/s1. The van der Waals surface area contributed by atoms with Crippen molar-refractivity contribution >= 4 is 22.9 Å². The summed E-state index contributed by atoms with van der Waals surface area (Å²) in [4.78, 5) is 13.3. The zero-order chi connectivity index (χ0) is 18.5. The topological polar surface area (TPSA) is 41.1 Å². The molecule has 0 aliphatic rings. The lowest BCUT2D eigenvalue weighted by Crippen LogP contribution is -2.17. The lowest BCUT2D eigenvalue weighted by Gasteiger charge is -2.15. The molecule has 5 heteroatoms. The van der Waals surface area contributed by atoms with Gasteiger partial charge < -0.3 is 10.6 Å². The predicted octanol–water partition coefficient (Wildman–Crippen LogP) is 5.36. The molecule has 2 N–H and O–H groups in total. The fraction of sp³-hybridized carbons (Fsp3) is 0.190. The summed E-state index contributed by atoms with van der Waals surface area (Å²) >= 11 is 1.59. The average molecular weight is 368 g/mol. The van der Waals surface area contributed by atoms with Crippen molar-refractivity contribution in [1.82, 2.24) is 5.32 Å². The molecule has 0 saturated carbocycles. The Hall–Kier alpha value is -2.50. The van der Waals surface area contributed by atoms with Crippen LogP contribution in [-0.4, -0.2) is 5.91 Å². The number of rotatable bonds is 6. The minimum absolute atomic E-state index is 0.0815. The molecule has 0 aliphatic carbocycles. The molecular weight excluding hydrogens is 347 g/mol. The summed E-state index contributed by atoms with van der Waals surface area (Å²) in [6.07, 6.45) is 0. The molecule has 0 bridgehead atoms. The molecule has 0 saturated heterocycles. The third-order valence-corrected chi connectivity index (χ3v) is 5.21.